The molecule has 21 heavy (non-hydrogen) atoms. The summed E-state index contributed by atoms with van der Waals surface area (Å²) < 4.78 is 14.7. The average molecular weight is 292 g/mol. The van der Waals surface area contributed by atoms with Gasteiger partial charge in [-0.1, -0.05) is 19.1 Å². The van der Waals surface area contributed by atoms with Crippen LogP contribution in [0.4, 0.5) is 15.8 Å². The van der Waals surface area contributed by atoms with Gasteiger partial charge in [0.25, 0.3) is 0 Å². The minimum Gasteiger partial charge on any atom is -0.323 e. The lowest BCUT2D eigenvalue weighted by Gasteiger charge is -2.12. The fourth-order valence-corrected chi connectivity index (χ4v) is 1.73. The van der Waals surface area contributed by atoms with E-state index in [1.807, 2.05) is 0 Å². The number of rotatable bonds is 5. The zero-order chi connectivity index (χ0) is 15.4. The predicted molar refractivity (Wildman–Crippen MR) is 73.1 cm³/mol. The highest BCUT2D eigenvalue weighted by molar-refractivity contribution is 5.92. The molecule has 1 heterocycles. The van der Waals surface area contributed by atoms with Gasteiger partial charge < -0.3 is 5.32 Å². The molecule has 1 atom stereocenters. The Morgan fingerprint density at radius 2 is 2.24 bits per heavy atom. The molecule has 2 aromatic rings. The molecule has 2 rings (SSSR count). The zero-order valence-corrected chi connectivity index (χ0v) is 11.2. The lowest BCUT2D eigenvalue weighted by atomic mass is 10.1. The van der Waals surface area contributed by atoms with Gasteiger partial charge in [0, 0.05) is 0 Å². The first kappa shape index (κ1) is 14.6. The Labute approximate surface area is 119 Å². The van der Waals surface area contributed by atoms with Gasteiger partial charge in [0.05, 0.1) is 23.1 Å². The SMILES string of the molecule is C[C@@H](Cn1cc([N+](=O)[O-])cn1)C(=O)Nc1ccccc1F. The van der Waals surface area contributed by atoms with Gasteiger partial charge in [0.15, 0.2) is 0 Å². The molecule has 0 unspecified atom stereocenters. The number of halogens is 1. The van der Waals surface area contributed by atoms with Crippen LogP contribution in [0.15, 0.2) is 36.7 Å². The van der Waals surface area contributed by atoms with Crippen LogP contribution in [0.3, 0.4) is 0 Å². The van der Waals surface area contributed by atoms with Crippen LogP contribution in [0.1, 0.15) is 6.92 Å². The van der Waals surface area contributed by atoms with Crippen molar-refractivity contribution in [2.24, 2.45) is 5.92 Å². The first-order valence-corrected chi connectivity index (χ1v) is 6.19. The van der Waals surface area contributed by atoms with Gasteiger partial charge in [0.2, 0.25) is 5.91 Å². The Bertz CT molecular complexity index is 671. The van der Waals surface area contributed by atoms with Crippen molar-refractivity contribution >= 4 is 17.3 Å². The maximum Gasteiger partial charge on any atom is 0.306 e. The molecule has 0 saturated carbocycles. The molecule has 0 aliphatic carbocycles. The smallest absolute Gasteiger partial charge is 0.306 e. The molecule has 7 nitrogen and oxygen atoms in total. The van der Waals surface area contributed by atoms with Crippen LogP contribution in [0, 0.1) is 21.8 Å². The Kier molecular flexibility index (Phi) is 4.27. The number of anilines is 1. The van der Waals surface area contributed by atoms with Gasteiger partial charge in [-0.05, 0) is 12.1 Å². The number of amides is 1. The standard InChI is InChI=1S/C13H13FN4O3/c1-9(7-17-8-10(6-15-17)18(20)21)13(19)16-12-5-3-2-4-11(12)14/h2-6,8-9H,7H2,1H3,(H,16,19)/t9-/m0/s1. The van der Waals surface area contributed by atoms with E-state index in [-0.39, 0.29) is 17.9 Å². The minimum absolute atomic E-state index is 0.0980. The Hall–Kier alpha value is -2.77. The number of carbonyl (C=O) groups is 1. The van der Waals surface area contributed by atoms with Crippen molar-refractivity contribution in [2.45, 2.75) is 13.5 Å². The largest absolute Gasteiger partial charge is 0.323 e. The number of nitro groups is 1. The summed E-state index contributed by atoms with van der Waals surface area (Å²) in [5.74, 6) is -1.44. The second-order valence-corrected chi connectivity index (χ2v) is 4.55. The quantitative estimate of drug-likeness (QED) is 0.675. The molecule has 8 heteroatoms. The molecule has 0 aliphatic heterocycles. The van der Waals surface area contributed by atoms with E-state index >= 15 is 0 Å². The molecule has 1 aromatic heterocycles. The van der Waals surface area contributed by atoms with Crippen molar-refractivity contribution in [2.75, 3.05) is 5.32 Å². The Morgan fingerprint density at radius 1 is 1.52 bits per heavy atom. The molecule has 0 radical (unpaired) electrons. The van der Waals surface area contributed by atoms with Crippen molar-refractivity contribution in [1.29, 1.82) is 0 Å². The van der Waals surface area contributed by atoms with Crippen molar-refractivity contribution < 1.29 is 14.1 Å². The monoisotopic (exact) mass is 292 g/mol. The number of para-hydroxylation sites is 1. The average Bonchev–Trinajstić information content (AvgIpc) is 2.90. The molecular weight excluding hydrogens is 279 g/mol. The molecule has 0 bridgehead atoms. The van der Waals surface area contributed by atoms with E-state index in [9.17, 15) is 19.3 Å². The van der Waals surface area contributed by atoms with Crippen molar-refractivity contribution in [3.8, 4) is 0 Å². The van der Waals surface area contributed by atoms with Crippen LogP contribution < -0.4 is 5.32 Å². The molecule has 0 saturated heterocycles. The minimum atomic E-state index is -0.562. The third kappa shape index (κ3) is 3.62. The van der Waals surface area contributed by atoms with Gasteiger partial charge in [-0.15, -0.1) is 0 Å². The maximum absolute atomic E-state index is 13.4. The molecule has 0 aliphatic rings. The lowest BCUT2D eigenvalue weighted by molar-refractivity contribution is -0.385. The summed E-state index contributed by atoms with van der Waals surface area (Å²) in [5, 5.41) is 16.8. The highest BCUT2D eigenvalue weighted by Gasteiger charge is 2.17. The van der Waals surface area contributed by atoms with Gasteiger partial charge >= 0.3 is 5.69 Å². The van der Waals surface area contributed by atoms with E-state index < -0.39 is 22.6 Å². The Morgan fingerprint density at radius 3 is 2.86 bits per heavy atom. The van der Waals surface area contributed by atoms with Crippen LogP contribution in [0.2, 0.25) is 0 Å². The van der Waals surface area contributed by atoms with Crippen molar-refractivity contribution in [3.05, 3.63) is 52.6 Å². The van der Waals surface area contributed by atoms with Crippen LogP contribution >= 0.6 is 0 Å². The third-order valence-corrected chi connectivity index (χ3v) is 2.87. The molecule has 1 amide bonds. The molecular formula is C13H13FN4O3. The topological polar surface area (TPSA) is 90.1 Å². The van der Waals surface area contributed by atoms with Gasteiger partial charge in [0.1, 0.15) is 18.2 Å². The van der Waals surface area contributed by atoms with E-state index in [1.54, 1.807) is 13.0 Å². The van der Waals surface area contributed by atoms with Crippen LogP contribution in [-0.4, -0.2) is 20.6 Å². The summed E-state index contributed by atoms with van der Waals surface area (Å²) >= 11 is 0. The molecule has 110 valence electrons. The number of hydrogen-bond donors (Lipinski definition) is 1. The number of hydrogen-bond acceptors (Lipinski definition) is 4. The first-order chi connectivity index (χ1) is 9.97. The number of nitrogens with one attached hydrogen (secondary N) is 1. The zero-order valence-electron chi connectivity index (χ0n) is 11.2. The molecule has 1 N–H and O–H groups in total. The highest BCUT2D eigenvalue weighted by atomic mass is 19.1. The number of carbonyl (C=O) groups excluding carboxylic acids is 1. The fraction of sp³-hybridized carbons (Fsp3) is 0.231. The van der Waals surface area contributed by atoms with E-state index in [2.05, 4.69) is 10.4 Å². The maximum atomic E-state index is 13.4. The lowest BCUT2D eigenvalue weighted by Crippen LogP contribution is -2.25. The summed E-state index contributed by atoms with van der Waals surface area (Å²) in [6, 6.07) is 5.84. The van der Waals surface area contributed by atoms with Crippen LogP contribution in [-0.2, 0) is 11.3 Å². The number of aromatic nitrogens is 2. The summed E-state index contributed by atoms with van der Waals surface area (Å²) in [4.78, 5) is 21.9. The molecule has 0 fully saturated rings. The number of nitrogens with zero attached hydrogens (tertiary/aromatic N) is 3. The van der Waals surface area contributed by atoms with Gasteiger partial charge in [-0.3, -0.25) is 19.6 Å². The van der Waals surface area contributed by atoms with E-state index in [0.29, 0.717) is 0 Å². The first-order valence-electron chi connectivity index (χ1n) is 6.19. The normalized spacial score (nSPS) is 11.9. The summed E-state index contributed by atoms with van der Waals surface area (Å²) in [7, 11) is 0. The van der Waals surface area contributed by atoms with E-state index in [1.165, 1.54) is 29.1 Å². The summed E-state index contributed by atoms with van der Waals surface area (Å²) in [5.41, 5.74) is -0.0440. The van der Waals surface area contributed by atoms with Crippen LogP contribution in [0.25, 0.3) is 0 Å². The Balaban J connectivity index is 1.99. The highest BCUT2D eigenvalue weighted by Crippen LogP contribution is 2.15. The predicted octanol–water partition coefficient (Wildman–Crippen LogP) is 2.21. The summed E-state index contributed by atoms with van der Waals surface area (Å²) in [6.45, 7) is 1.79. The van der Waals surface area contributed by atoms with E-state index in [0.717, 1.165) is 6.20 Å². The van der Waals surface area contributed by atoms with Crippen molar-refractivity contribution in [1.82, 2.24) is 9.78 Å². The van der Waals surface area contributed by atoms with Crippen molar-refractivity contribution in [3.63, 3.8) is 0 Å². The van der Waals surface area contributed by atoms with Crippen LogP contribution in [0.5, 0.6) is 0 Å². The molecule has 0 spiro atoms. The molecule has 1 aromatic carbocycles. The number of benzene rings is 1. The second kappa shape index (κ2) is 6.12. The second-order valence-electron chi connectivity index (χ2n) is 4.55. The fourth-order valence-electron chi connectivity index (χ4n) is 1.73. The third-order valence-electron chi connectivity index (χ3n) is 2.87. The van der Waals surface area contributed by atoms with E-state index in [4.69, 9.17) is 0 Å². The summed E-state index contributed by atoms with van der Waals surface area (Å²) in [6.07, 6.45) is 2.36. The van der Waals surface area contributed by atoms with Gasteiger partial charge in [-0.25, -0.2) is 4.39 Å². The van der Waals surface area contributed by atoms with Gasteiger partial charge in [-0.2, -0.15) is 5.10 Å².